The van der Waals surface area contributed by atoms with Crippen molar-refractivity contribution in [3.63, 3.8) is 0 Å². The zero-order valence-electron chi connectivity index (χ0n) is 10.8. The van der Waals surface area contributed by atoms with Crippen LogP contribution >= 0.6 is 0 Å². The number of imidazole rings is 1. The summed E-state index contributed by atoms with van der Waals surface area (Å²) in [6.07, 6.45) is 5.20. The van der Waals surface area contributed by atoms with Crippen LogP contribution in [-0.4, -0.2) is 47.8 Å². The van der Waals surface area contributed by atoms with Crippen molar-refractivity contribution < 1.29 is 4.52 Å². The number of aryl methyl sites for hydroxylation is 1. The molecule has 0 bridgehead atoms. The zero-order chi connectivity index (χ0) is 13.5. The van der Waals surface area contributed by atoms with E-state index in [1.165, 1.54) is 0 Å². The molecule has 1 aliphatic rings. The van der Waals surface area contributed by atoms with Gasteiger partial charge < -0.3 is 14.4 Å². The van der Waals surface area contributed by atoms with E-state index in [0.717, 1.165) is 18.8 Å². The maximum atomic E-state index is 5.24. The molecule has 0 aliphatic carbocycles. The maximum absolute atomic E-state index is 5.24. The summed E-state index contributed by atoms with van der Waals surface area (Å²) in [4.78, 5) is 8.36. The van der Waals surface area contributed by atoms with E-state index >= 15 is 0 Å². The Morgan fingerprint density at radius 2 is 2.30 bits per heavy atom. The topological polar surface area (TPSA) is 99.5 Å². The molecule has 0 spiro atoms. The summed E-state index contributed by atoms with van der Waals surface area (Å²) in [7, 11) is 1.87. The molecule has 0 saturated carbocycles. The molecule has 1 N–H and O–H groups in total. The van der Waals surface area contributed by atoms with Gasteiger partial charge in [-0.25, -0.2) is 9.67 Å². The van der Waals surface area contributed by atoms with Crippen LogP contribution in [-0.2, 0) is 7.05 Å². The summed E-state index contributed by atoms with van der Waals surface area (Å²) < 4.78 is 8.88. The fourth-order valence-electron chi connectivity index (χ4n) is 2.02. The van der Waals surface area contributed by atoms with Crippen molar-refractivity contribution in [2.24, 2.45) is 7.05 Å². The molecule has 9 heteroatoms. The summed E-state index contributed by atoms with van der Waals surface area (Å²) in [5, 5.41) is 15.3. The van der Waals surface area contributed by atoms with E-state index in [2.05, 4.69) is 30.8 Å². The van der Waals surface area contributed by atoms with Gasteiger partial charge in [-0.2, -0.15) is 4.98 Å². The number of nitrogens with zero attached hydrogens (tertiary/aromatic N) is 7. The standard InChI is InChI=1S/C11H12N8O/c1-18-6-13-4-9(18)10-14-11(20-16-10)8-5-19(17-15-8)7-2-12-3-7/h4-7,12H,2-3H2,1H3. The van der Waals surface area contributed by atoms with Gasteiger partial charge >= 0.3 is 0 Å². The van der Waals surface area contributed by atoms with Crippen LogP contribution in [0.3, 0.4) is 0 Å². The van der Waals surface area contributed by atoms with Crippen molar-refractivity contribution in [3.8, 4) is 23.1 Å². The first-order valence-electron chi connectivity index (χ1n) is 6.24. The van der Waals surface area contributed by atoms with E-state index in [0.29, 0.717) is 23.5 Å². The van der Waals surface area contributed by atoms with Crippen LogP contribution in [0.4, 0.5) is 0 Å². The van der Waals surface area contributed by atoms with Gasteiger partial charge in [-0.1, -0.05) is 10.4 Å². The summed E-state index contributed by atoms with van der Waals surface area (Å²) in [6.45, 7) is 1.82. The molecule has 3 aromatic rings. The molecule has 102 valence electrons. The van der Waals surface area contributed by atoms with Crippen LogP contribution < -0.4 is 5.32 Å². The molecule has 0 aromatic carbocycles. The zero-order valence-corrected chi connectivity index (χ0v) is 10.8. The highest BCUT2D eigenvalue weighted by molar-refractivity contribution is 5.52. The van der Waals surface area contributed by atoms with Crippen molar-refractivity contribution in [3.05, 3.63) is 18.7 Å². The summed E-state index contributed by atoms with van der Waals surface area (Å²) >= 11 is 0. The van der Waals surface area contributed by atoms with Crippen molar-refractivity contribution in [1.29, 1.82) is 0 Å². The summed E-state index contributed by atoms with van der Waals surface area (Å²) in [5.74, 6) is 0.847. The highest BCUT2D eigenvalue weighted by Crippen LogP contribution is 2.21. The van der Waals surface area contributed by atoms with Gasteiger partial charge in [0, 0.05) is 20.1 Å². The number of nitrogens with one attached hydrogen (secondary N) is 1. The molecule has 0 radical (unpaired) electrons. The van der Waals surface area contributed by atoms with E-state index in [1.807, 2.05) is 22.5 Å². The highest BCUT2D eigenvalue weighted by Gasteiger charge is 2.22. The Labute approximate surface area is 113 Å². The lowest BCUT2D eigenvalue weighted by Gasteiger charge is -2.26. The summed E-state index contributed by atoms with van der Waals surface area (Å²) in [5.41, 5.74) is 1.37. The Kier molecular flexibility index (Phi) is 2.39. The van der Waals surface area contributed by atoms with Gasteiger partial charge in [0.05, 0.1) is 24.8 Å². The molecule has 4 rings (SSSR count). The molecule has 1 aliphatic heterocycles. The van der Waals surface area contributed by atoms with Crippen LogP contribution in [0.25, 0.3) is 23.1 Å². The van der Waals surface area contributed by atoms with Gasteiger partial charge in [-0.15, -0.1) is 5.10 Å². The molecule has 20 heavy (non-hydrogen) atoms. The second-order valence-corrected chi connectivity index (χ2v) is 4.71. The van der Waals surface area contributed by atoms with Crippen molar-refractivity contribution >= 4 is 0 Å². The number of aromatic nitrogens is 7. The Morgan fingerprint density at radius 3 is 3.00 bits per heavy atom. The fourth-order valence-corrected chi connectivity index (χ4v) is 2.02. The van der Waals surface area contributed by atoms with Crippen molar-refractivity contribution in [1.82, 2.24) is 40.0 Å². The third-order valence-electron chi connectivity index (χ3n) is 3.34. The molecule has 1 fully saturated rings. The van der Waals surface area contributed by atoms with Crippen molar-refractivity contribution in [2.75, 3.05) is 13.1 Å². The van der Waals surface area contributed by atoms with Crippen LogP contribution in [0.1, 0.15) is 6.04 Å². The lowest BCUT2D eigenvalue weighted by molar-refractivity contribution is 0.313. The SMILES string of the molecule is Cn1cncc1-c1noc(-c2cn(C3CNC3)nn2)n1. The predicted molar refractivity (Wildman–Crippen MR) is 67.4 cm³/mol. The quantitative estimate of drug-likeness (QED) is 0.709. The van der Waals surface area contributed by atoms with Gasteiger partial charge in [0.2, 0.25) is 5.82 Å². The largest absolute Gasteiger partial charge is 0.332 e. The molecular weight excluding hydrogens is 260 g/mol. The first-order chi connectivity index (χ1) is 9.81. The molecule has 4 heterocycles. The molecular formula is C11H12N8O. The Morgan fingerprint density at radius 1 is 1.40 bits per heavy atom. The van der Waals surface area contributed by atoms with E-state index in [4.69, 9.17) is 4.52 Å². The number of hydrogen-bond donors (Lipinski definition) is 1. The van der Waals surface area contributed by atoms with E-state index in [1.54, 1.807) is 12.5 Å². The Balaban J connectivity index is 1.64. The molecule has 0 amide bonds. The van der Waals surface area contributed by atoms with E-state index in [9.17, 15) is 0 Å². The predicted octanol–water partition coefficient (Wildman–Crippen LogP) is -0.127. The van der Waals surface area contributed by atoms with Gasteiger partial charge in [-0.05, 0) is 0 Å². The van der Waals surface area contributed by atoms with Gasteiger partial charge in [-0.3, -0.25) is 0 Å². The second kappa shape index (κ2) is 4.23. The number of rotatable bonds is 3. The first kappa shape index (κ1) is 11.3. The average Bonchev–Trinajstić information content (AvgIpc) is 3.04. The molecule has 9 nitrogen and oxygen atoms in total. The minimum atomic E-state index is 0.357. The normalized spacial score (nSPS) is 15.4. The summed E-state index contributed by atoms with van der Waals surface area (Å²) in [6, 6.07) is 0.357. The van der Waals surface area contributed by atoms with Crippen LogP contribution in [0.2, 0.25) is 0 Å². The molecule has 3 aromatic heterocycles. The van der Waals surface area contributed by atoms with Gasteiger partial charge in [0.15, 0.2) is 5.69 Å². The maximum Gasteiger partial charge on any atom is 0.280 e. The number of hydrogen-bond acceptors (Lipinski definition) is 7. The Hall–Kier alpha value is -2.55. The Bertz CT molecular complexity index is 737. The van der Waals surface area contributed by atoms with Gasteiger partial charge in [0.25, 0.3) is 5.89 Å². The monoisotopic (exact) mass is 272 g/mol. The highest BCUT2D eigenvalue weighted by atomic mass is 16.5. The van der Waals surface area contributed by atoms with Crippen LogP contribution in [0.5, 0.6) is 0 Å². The molecule has 0 atom stereocenters. The van der Waals surface area contributed by atoms with Gasteiger partial charge in [0.1, 0.15) is 5.69 Å². The molecule has 1 saturated heterocycles. The first-order valence-corrected chi connectivity index (χ1v) is 6.24. The fraction of sp³-hybridized carbons (Fsp3) is 0.364. The van der Waals surface area contributed by atoms with Crippen molar-refractivity contribution in [2.45, 2.75) is 6.04 Å². The minimum Gasteiger partial charge on any atom is -0.332 e. The average molecular weight is 272 g/mol. The van der Waals surface area contributed by atoms with Crippen LogP contribution in [0.15, 0.2) is 23.2 Å². The smallest absolute Gasteiger partial charge is 0.280 e. The lowest BCUT2D eigenvalue weighted by atomic mass is 10.2. The van der Waals surface area contributed by atoms with Crippen LogP contribution in [0, 0.1) is 0 Å². The molecule has 0 unspecified atom stereocenters. The van der Waals surface area contributed by atoms with E-state index in [-0.39, 0.29) is 0 Å². The third kappa shape index (κ3) is 1.71. The minimum absolute atomic E-state index is 0.357. The lowest BCUT2D eigenvalue weighted by Crippen LogP contribution is -2.43. The third-order valence-corrected chi connectivity index (χ3v) is 3.34. The van der Waals surface area contributed by atoms with E-state index < -0.39 is 0 Å². The second-order valence-electron chi connectivity index (χ2n) is 4.71.